The maximum absolute atomic E-state index is 5.05. The van der Waals surface area contributed by atoms with Gasteiger partial charge in [-0.15, -0.1) is 12.4 Å². The van der Waals surface area contributed by atoms with E-state index in [2.05, 4.69) is 4.98 Å². The fourth-order valence-corrected chi connectivity index (χ4v) is 0.966. The maximum atomic E-state index is 5.05. The summed E-state index contributed by atoms with van der Waals surface area (Å²) in [4.78, 5) is 4.11. The van der Waals surface area contributed by atoms with Crippen molar-refractivity contribution in [3.05, 3.63) is 28.9 Å². The van der Waals surface area contributed by atoms with Crippen LogP contribution in [0, 0.1) is 0 Å². The van der Waals surface area contributed by atoms with E-state index in [1.807, 2.05) is 18.2 Å². The van der Waals surface area contributed by atoms with Crippen LogP contribution in [0.5, 0.6) is 0 Å². The number of hydrogen-bond donors (Lipinski definition) is 0. The molecule has 0 aliphatic carbocycles. The molecule has 0 saturated heterocycles. The lowest BCUT2D eigenvalue weighted by Gasteiger charge is -1.99. The van der Waals surface area contributed by atoms with Gasteiger partial charge in [-0.05, 0) is 12.1 Å². The van der Waals surface area contributed by atoms with E-state index < -0.39 is 0 Å². The Bertz CT molecular complexity index is 312. The SMILES string of the molecule is C1=c2cccnc2=COC1.Cl. The van der Waals surface area contributed by atoms with Crippen molar-refractivity contribution in [1.29, 1.82) is 0 Å². The number of halogens is 1. The van der Waals surface area contributed by atoms with Crippen molar-refractivity contribution in [2.45, 2.75) is 0 Å². The first-order chi connectivity index (χ1) is 4.97. The van der Waals surface area contributed by atoms with Crippen molar-refractivity contribution in [3.8, 4) is 0 Å². The summed E-state index contributed by atoms with van der Waals surface area (Å²) in [6.07, 6.45) is 5.47. The third kappa shape index (κ3) is 1.52. The fraction of sp³-hybridized carbons (Fsp3) is 0.125. The number of fused-ring (bicyclic) bond motifs is 1. The van der Waals surface area contributed by atoms with Gasteiger partial charge in [0.05, 0.1) is 0 Å². The molecule has 58 valence electrons. The number of hydrogen-bond acceptors (Lipinski definition) is 2. The molecule has 0 amide bonds. The Morgan fingerprint density at radius 1 is 1.45 bits per heavy atom. The summed E-state index contributed by atoms with van der Waals surface area (Å²) in [6, 6.07) is 3.95. The molecule has 1 aromatic heterocycles. The predicted molar refractivity (Wildman–Crippen MR) is 45.6 cm³/mol. The molecule has 0 fully saturated rings. The van der Waals surface area contributed by atoms with Gasteiger partial charge in [-0.3, -0.25) is 4.98 Å². The predicted octanol–water partition coefficient (Wildman–Crippen LogP) is 0.0521. The van der Waals surface area contributed by atoms with Gasteiger partial charge in [-0.2, -0.15) is 0 Å². The molecule has 0 saturated carbocycles. The van der Waals surface area contributed by atoms with Crippen molar-refractivity contribution in [3.63, 3.8) is 0 Å². The molecule has 3 heteroatoms. The molecule has 2 nitrogen and oxygen atoms in total. The molecule has 0 spiro atoms. The molecule has 1 aliphatic rings. The van der Waals surface area contributed by atoms with E-state index in [4.69, 9.17) is 4.74 Å². The zero-order valence-corrected chi connectivity index (χ0v) is 6.67. The Morgan fingerprint density at radius 3 is 3.18 bits per heavy atom. The minimum atomic E-state index is 0. The molecule has 0 N–H and O–H groups in total. The number of rotatable bonds is 0. The van der Waals surface area contributed by atoms with Gasteiger partial charge in [0.15, 0.2) is 0 Å². The second-order valence-electron chi connectivity index (χ2n) is 2.13. The van der Waals surface area contributed by atoms with E-state index in [1.165, 1.54) is 0 Å². The maximum Gasteiger partial charge on any atom is 0.110 e. The fourth-order valence-electron chi connectivity index (χ4n) is 0.966. The Hall–Kier alpha value is -1.02. The average molecular weight is 170 g/mol. The molecular weight excluding hydrogens is 162 g/mol. The number of aromatic nitrogens is 1. The van der Waals surface area contributed by atoms with E-state index in [-0.39, 0.29) is 12.4 Å². The van der Waals surface area contributed by atoms with Crippen LogP contribution in [-0.4, -0.2) is 11.6 Å². The Balaban J connectivity index is 0.000000605. The number of pyridine rings is 1. The highest BCUT2D eigenvalue weighted by molar-refractivity contribution is 5.85. The summed E-state index contributed by atoms with van der Waals surface area (Å²) in [5.74, 6) is 0. The van der Waals surface area contributed by atoms with Gasteiger partial charge in [-0.1, -0.05) is 6.07 Å². The van der Waals surface area contributed by atoms with E-state index in [0.717, 1.165) is 10.6 Å². The summed E-state index contributed by atoms with van der Waals surface area (Å²) in [5, 5.41) is 2.09. The molecule has 2 rings (SSSR count). The van der Waals surface area contributed by atoms with Crippen LogP contribution in [0.25, 0.3) is 12.3 Å². The van der Waals surface area contributed by atoms with Crippen LogP contribution < -0.4 is 10.6 Å². The third-order valence-corrected chi connectivity index (χ3v) is 1.47. The first kappa shape index (κ1) is 8.08. The van der Waals surface area contributed by atoms with E-state index in [0.29, 0.717) is 6.61 Å². The van der Waals surface area contributed by atoms with E-state index in [9.17, 15) is 0 Å². The first-order valence-electron chi connectivity index (χ1n) is 3.20. The van der Waals surface area contributed by atoms with Crippen molar-refractivity contribution in [1.82, 2.24) is 4.98 Å². The van der Waals surface area contributed by atoms with E-state index in [1.54, 1.807) is 12.5 Å². The van der Waals surface area contributed by atoms with Crippen LogP contribution in [0.15, 0.2) is 18.3 Å². The van der Waals surface area contributed by atoms with Crippen molar-refractivity contribution in [2.75, 3.05) is 6.61 Å². The first-order valence-corrected chi connectivity index (χ1v) is 3.20. The minimum Gasteiger partial charge on any atom is -0.495 e. The summed E-state index contributed by atoms with van der Waals surface area (Å²) in [7, 11) is 0. The van der Waals surface area contributed by atoms with Crippen LogP contribution in [0.1, 0.15) is 0 Å². The number of nitrogens with zero attached hydrogens (tertiary/aromatic N) is 1. The van der Waals surface area contributed by atoms with Gasteiger partial charge in [0.2, 0.25) is 0 Å². The second kappa shape index (κ2) is 3.39. The summed E-state index contributed by atoms with van der Waals surface area (Å²) in [6.45, 7) is 0.665. The van der Waals surface area contributed by atoms with Gasteiger partial charge in [0.25, 0.3) is 0 Å². The largest absolute Gasteiger partial charge is 0.495 e. The molecular formula is C8H8ClNO. The highest BCUT2D eigenvalue weighted by Crippen LogP contribution is 1.79. The van der Waals surface area contributed by atoms with Gasteiger partial charge in [-0.25, -0.2) is 0 Å². The molecule has 2 heterocycles. The quantitative estimate of drug-likeness (QED) is 0.548. The van der Waals surface area contributed by atoms with Crippen LogP contribution >= 0.6 is 12.4 Å². The van der Waals surface area contributed by atoms with Crippen LogP contribution in [0.2, 0.25) is 0 Å². The molecule has 1 aliphatic heterocycles. The molecule has 11 heavy (non-hydrogen) atoms. The topological polar surface area (TPSA) is 22.1 Å². The number of ether oxygens (including phenoxy) is 1. The molecule has 0 aromatic carbocycles. The Kier molecular flexibility index (Phi) is 2.49. The van der Waals surface area contributed by atoms with Gasteiger partial charge >= 0.3 is 0 Å². The zero-order valence-electron chi connectivity index (χ0n) is 5.86. The normalized spacial score (nSPS) is 12.7. The lowest BCUT2D eigenvalue weighted by atomic mass is 10.3. The monoisotopic (exact) mass is 169 g/mol. The van der Waals surface area contributed by atoms with Crippen molar-refractivity contribution in [2.24, 2.45) is 0 Å². The molecule has 0 bridgehead atoms. The van der Waals surface area contributed by atoms with Crippen LogP contribution in [-0.2, 0) is 4.74 Å². The highest BCUT2D eigenvalue weighted by atomic mass is 35.5. The molecule has 0 atom stereocenters. The lowest BCUT2D eigenvalue weighted by Crippen LogP contribution is -2.30. The zero-order chi connectivity index (χ0) is 6.81. The van der Waals surface area contributed by atoms with Crippen molar-refractivity contribution < 1.29 is 4.74 Å². The van der Waals surface area contributed by atoms with Crippen LogP contribution in [0.3, 0.4) is 0 Å². The van der Waals surface area contributed by atoms with Gasteiger partial charge in [0.1, 0.15) is 18.2 Å². The van der Waals surface area contributed by atoms with Gasteiger partial charge < -0.3 is 4.74 Å². The second-order valence-corrected chi connectivity index (χ2v) is 2.13. The molecule has 0 unspecified atom stereocenters. The van der Waals surface area contributed by atoms with E-state index >= 15 is 0 Å². The Labute approximate surface area is 70.6 Å². The smallest absolute Gasteiger partial charge is 0.110 e. The lowest BCUT2D eigenvalue weighted by molar-refractivity contribution is 0.345. The summed E-state index contributed by atoms with van der Waals surface area (Å²) < 4.78 is 5.05. The molecule has 1 aromatic rings. The molecule has 0 radical (unpaired) electrons. The minimum absolute atomic E-state index is 0. The summed E-state index contributed by atoms with van der Waals surface area (Å²) in [5.41, 5.74) is 0. The summed E-state index contributed by atoms with van der Waals surface area (Å²) >= 11 is 0. The third-order valence-electron chi connectivity index (χ3n) is 1.47. The van der Waals surface area contributed by atoms with Gasteiger partial charge in [0, 0.05) is 11.4 Å². The van der Waals surface area contributed by atoms with Crippen molar-refractivity contribution >= 4 is 24.7 Å². The Morgan fingerprint density at radius 2 is 2.36 bits per heavy atom. The van der Waals surface area contributed by atoms with Crippen LogP contribution in [0.4, 0.5) is 0 Å². The standard InChI is InChI=1S/C8H7NO.ClH/c1-2-7-3-5-10-6-8(7)9-4-1;/h1-4,6H,5H2;1H. The average Bonchev–Trinajstić information content (AvgIpc) is 2.05. The highest BCUT2D eigenvalue weighted by Gasteiger charge is 1.90.